The van der Waals surface area contributed by atoms with Gasteiger partial charge in [0.25, 0.3) is 0 Å². The first-order valence-corrected chi connectivity index (χ1v) is 7.64. The molecule has 0 aliphatic heterocycles. The topological polar surface area (TPSA) is 70.1 Å². The SMILES string of the molecule is CCCNc1nc(CC)nc(NC(CC)CCO)c1C. The van der Waals surface area contributed by atoms with Crippen molar-refractivity contribution in [3.8, 4) is 0 Å². The number of aliphatic hydroxyl groups is 1. The normalized spacial score (nSPS) is 12.2. The van der Waals surface area contributed by atoms with Crippen molar-refractivity contribution in [3.05, 3.63) is 11.4 Å². The minimum atomic E-state index is 0.192. The summed E-state index contributed by atoms with van der Waals surface area (Å²) in [6.07, 6.45) is 3.57. The minimum absolute atomic E-state index is 0.192. The number of nitrogens with zero attached hydrogens (tertiary/aromatic N) is 2. The van der Waals surface area contributed by atoms with E-state index < -0.39 is 0 Å². The molecule has 0 radical (unpaired) electrons. The highest BCUT2D eigenvalue weighted by Gasteiger charge is 2.13. The van der Waals surface area contributed by atoms with Crippen LogP contribution in [0.5, 0.6) is 0 Å². The fraction of sp³-hybridized carbons (Fsp3) is 0.733. The van der Waals surface area contributed by atoms with Crippen molar-refractivity contribution in [2.24, 2.45) is 0 Å². The highest BCUT2D eigenvalue weighted by molar-refractivity contribution is 5.57. The van der Waals surface area contributed by atoms with E-state index in [0.717, 1.165) is 55.3 Å². The van der Waals surface area contributed by atoms with Crippen molar-refractivity contribution in [2.75, 3.05) is 23.8 Å². The van der Waals surface area contributed by atoms with E-state index in [4.69, 9.17) is 5.11 Å². The van der Waals surface area contributed by atoms with Crippen LogP contribution in [0.1, 0.15) is 51.4 Å². The summed E-state index contributed by atoms with van der Waals surface area (Å²) in [6.45, 7) is 9.44. The van der Waals surface area contributed by atoms with Gasteiger partial charge < -0.3 is 15.7 Å². The second kappa shape index (κ2) is 8.74. The average molecular weight is 280 g/mol. The molecule has 0 saturated carbocycles. The molecule has 114 valence electrons. The lowest BCUT2D eigenvalue weighted by Crippen LogP contribution is -2.22. The van der Waals surface area contributed by atoms with Crippen molar-refractivity contribution in [1.29, 1.82) is 0 Å². The maximum absolute atomic E-state index is 9.10. The number of hydrogen-bond acceptors (Lipinski definition) is 5. The summed E-state index contributed by atoms with van der Waals surface area (Å²) in [4.78, 5) is 9.14. The fourth-order valence-corrected chi connectivity index (χ4v) is 2.00. The molecule has 0 saturated heterocycles. The van der Waals surface area contributed by atoms with Crippen LogP contribution in [-0.2, 0) is 6.42 Å². The number of hydrogen-bond donors (Lipinski definition) is 3. The van der Waals surface area contributed by atoms with E-state index in [2.05, 4.69) is 41.4 Å². The monoisotopic (exact) mass is 280 g/mol. The van der Waals surface area contributed by atoms with Gasteiger partial charge in [-0.25, -0.2) is 9.97 Å². The van der Waals surface area contributed by atoms with Crippen molar-refractivity contribution in [2.45, 2.75) is 59.4 Å². The number of rotatable bonds is 9. The van der Waals surface area contributed by atoms with Gasteiger partial charge in [0.2, 0.25) is 0 Å². The Balaban J connectivity index is 2.97. The molecule has 0 aromatic carbocycles. The molecule has 5 heteroatoms. The van der Waals surface area contributed by atoms with Crippen LogP contribution in [0.4, 0.5) is 11.6 Å². The molecule has 0 bridgehead atoms. The highest BCUT2D eigenvalue weighted by Crippen LogP contribution is 2.22. The molecular formula is C15H28N4O. The number of nitrogens with one attached hydrogen (secondary N) is 2. The summed E-state index contributed by atoms with van der Waals surface area (Å²) in [5, 5.41) is 15.9. The van der Waals surface area contributed by atoms with Crippen molar-refractivity contribution in [3.63, 3.8) is 0 Å². The zero-order chi connectivity index (χ0) is 15.0. The molecule has 1 aromatic heterocycles. The van der Waals surface area contributed by atoms with E-state index in [1.165, 1.54) is 0 Å². The van der Waals surface area contributed by atoms with Crippen molar-refractivity contribution < 1.29 is 5.11 Å². The summed E-state index contributed by atoms with van der Waals surface area (Å²) in [5.41, 5.74) is 1.05. The van der Waals surface area contributed by atoms with Gasteiger partial charge in [-0.3, -0.25) is 0 Å². The molecule has 1 heterocycles. The summed E-state index contributed by atoms with van der Waals surface area (Å²) >= 11 is 0. The average Bonchev–Trinajstić information content (AvgIpc) is 2.47. The second-order valence-electron chi connectivity index (χ2n) is 5.00. The predicted molar refractivity (Wildman–Crippen MR) is 84.3 cm³/mol. The molecular weight excluding hydrogens is 252 g/mol. The molecule has 1 unspecified atom stereocenters. The van der Waals surface area contributed by atoms with Gasteiger partial charge >= 0.3 is 0 Å². The lowest BCUT2D eigenvalue weighted by atomic mass is 10.1. The summed E-state index contributed by atoms with van der Waals surface area (Å²) < 4.78 is 0. The van der Waals surface area contributed by atoms with Gasteiger partial charge in [-0.15, -0.1) is 0 Å². The molecule has 0 aliphatic rings. The standard InChI is InChI=1S/C15H28N4O/c1-5-9-16-14-11(4)15(19-13(7-3)18-14)17-12(6-2)8-10-20/h12,20H,5-10H2,1-4H3,(H2,16,17,18,19). The Morgan fingerprint density at radius 1 is 1.15 bits per heavy atom. The molecule has 0 amide bonds. The van der Waals surface area contributed by atoms with E-state index in [-0.39, 0.29) is 12.6 Å². The van der Waals surface area contributed by atoms with Gasteiger partial charge in [0, 0.05) is 31.2 Å². The summed E-state index contributed by atoms with van der Waals surface area (Å²) in [6, 6.07) is 0.248. The zero-order valence-corrected chi connectivity index (χ0v) is 13.2. The maximum atomic E-state index is 9.10. The third-order valence-electron chi connectivity index (χ3n) is 3.36. The van der Waals surface area contributed by atoms with Crippen LogP contribution >= 0.6 is 0 Å². The summed E-state index contributed by atoms with van der Waals surface area (Å²) in [7, 11) is 0. The van der Waals surface area contributed by atoms with Gasteiger partial charge in [0.05, 0.1) is 0 Å². The molecule has 3 N–H and O–H groups in total. The maximum Gasteiger partial charge on any atom is 0.134 e. The molecule has 1 aromatic rings. The Hall–Kier alpha value is -1.36. The Bertz CT molecular complexity index is 409. The summed E-state index contributed by atoms with van der Waals surface area (Å²) in [5.74, 6) is 2.64. The van der Waals surface area contributed by atoms with Gasteiger partial charge in [0.15, 0.2) is 0 Å². The zero-order valence-electron chi connectivity index (χ0n) is 13.2. The minimum Gasteiger partial charge on any atom is -0.396 e. The predicted octanol–water partition coefficient (Wildman–Crippen LogP) is 2.74. The van der Waals surface area contributed by atoms with E-state index >= 15 is 0 Å². The largest absolute Gasteiger partial charge is 0.396 e. The van der Waals surface area contributed by atoms with E-state index in [1.807, 2.05) is 6.92 Å². The van der Waals surface area contributed by atoms with Crippen molar-refractivity contribution >= 4 is 11.6 Å². The molecule has 0 aliphatic carbocycles. The number of aliphatic hydroxyl groups excluding tert-OH is 1. The molecule has 0 fully saturated rings. The Morgan fingerprint density at radius 2 is 1.85 bits per heavy atom. The number of anilines is 2. The van der Waals surface area contributed by atoms with Crippen molar-refractivity contribution in [1.82, 2.24) is 9.97 Å². The van der Waals surface area contributed by atoms with Gasteiger partial charge in [-0.1, -0.05) is 20.8 Å². The lowest BCUT2D eigenvalue weighted by molar-refractivity contribution is 0.278. The highest BCUT2D eigenvalue weighted by atomic mass is 16.3. The van der Waals surface area contributed by atoms with Gasteiger partial charge in [-0.05, 0) is 26.2 Å². The molecule has 1 atom stereocenters. The third kappa shape index (κ3) is 4.63. The quantitative estimate of drug-likeness (QED) is 0.649. The third-order valence-corrected chi connectivity index (χ3v) is 3.36. The molecule has 20 heavy (non-hydrogen) atoms. The first kappa shape index (κ1) is 16.7. The number of aryl methyl sites for hydroxylation is 1. The van der Waals surface area contributed by atoms with Crippen LogP contribution in [-0.4, -0.2) is 34.3 Å². The second-order valence-corrected chi connectivity index (χ2v) is 5.00. The molecule has 5 nitrogen and oxygen atoms in total. The Morgan fingerprint density at radius 3 is 2.40 bits per heavy atom. The van der Waals surface area contributed by atoms with Crippen LogP contribution in [0, 0.1) is 6.92 Å². The van der Waals surface area contributed by atoms with Crippen LogP contribution in [0.3, 0.4) is 0 Å². The van der Waals surface area contributed by atoms with Gasteiger partial charge in [0.1, 0.15) is 17.5 Å². The molecule has 0 spiro atoms. The van der Waals surface area contributed by atoms with Crippen LogP contribution in [0.15, 0.2) is 0 Å². The first-order chi connectivity index (χ1) is 9.65. The van der Waals surface area contributed by atoms with E-state index in [0.29, 0.717) is 0 Å². The van der Waals surface area contributed by atoms with Gasteiger partial charge in [-0.2, -0.15) is 0 Å². The van der Waals surface area contributed by atoms with Crippen LogP contribution in [0.2, 0.25) is 0 Å². The Labute approximate surface area is 122 Å². The van der Waals surface area contributed by atoms with E-state index in [9.17, 15) is 0 Å². The fourth-order valence-electron chi connectivity index (χ4n) is 2.00. The lowest BCUT2D eigenvalue weighted by Gasteiger charge is -2.20. The van der Waals surface area contributed by atoms with E-state index in [1.54, 1.807) is 0 Å². The first-order valence-electron chi connectivity index (χ1n) is 7.64. The molecule has 1 rings (SSSR count). The van der Waals surface area contributed by atoms with Crippen LogP contribution < -0.4 is 10.6 Å². The Kier molecular flexibility index (Phi) is 7.30. The van der Waals surface area contributed by atoms with Crippen LogP contribution in [0.25, 0.3) is 0 Å². The smallest absolute Gasteiger partial charge is 0.134 e. The number of aromatic nitrogens is 2.